The van der Waals surface area contributed by atoms with Crippen LogP contribution in [0.3, 0.4) is 0 Å². The second-order valence-corrected chi connectivity index (χ2v) is 5.43. The van der Waals surface area contributed by atoms with Gasteiger partial charge in [0.05, 0.1) is 13.1 Å². The van der Waals surface area contributed by atoms with Crippen molar-refractivity contribution in [1.29, 1.82) is 0 Å². The first kappa shape index (κ1) is 18.6. The van der Waals surface area contributed by atoms with Crippen molar-refractivity contribution in [3.8, 4) is 0 Å². The van der Waals surface area contributed by atoms with E-state index in [4.69, 9.17) is 5.11 Å². The SMILES string of the molecule is CCCN(CC(=O)O)CC(=O)Nc1ccc(C(=O)N(C)C)cc1. The summed E-state index contributed by atoms with van der Waals surface area (Å²) in [6.07, 6.45) is 0.766. The minimum Gasteiger partial charge on any atom is -0.480 e. The first-order valence-corrected chi connectivity index (χ1v) is 7.39. The Morgan fingerprint density at radius 3 is 2.17 bits per heavy atom. The number of carbonyl (C=O) groups is 3. The molecule has 0 saturated carbocycles. The van der Waals surface area contributed by atoms with E-state index in [2.05, 4.69) is 5.32 Å². The van der Waals surface area contributed by atoms with Crippen LogP contribution < -0.4 is 5.32 Å². The Balaban J connectivity index is 2.62. The standard InChI is InChI=1S/C16H23N3O4/c1-4-9-19(11-15(21)22)10-14(20)17-13-7-5-12(6-8-13)16(23)18(2)3/h5-8H,4,9-11H2,1-3H3,(H,17,20)(H,21,22). The molecule has 0 aliphatic carbocycles. The molecule has 0 radical (unpaired) electrons. The van der Waals surface area contributed by atoms with Crippen molar-refractivity contribution in [2.45, 2.75) is 13.3 Å². The molecule has 0 spiro atoms. The molecule has 7 heteroatoms. The quantitative estimate of drug-likeness (QED) is 0.749. The third kappa shape index (κ3) is 6.48. The lowest BCUT2D eigenvalue weighted by Gasteiger charge is -2.18. The van der Waals surface area contributed by atoms with Crippen LogP contribution in [-0.2, 0) is 9.59 Å². The molecule has 2 amide bonds. The molecule has 0 aliphatic rings. The van der Waals surface area contributed by atoms with Crippen LogP contribution in [-0.4, -0.2) is 66.4 Å². The molecule has 0 heterocycles. The summed E-state index contributed by atoms with van der Waals surface area (Å²) in [5.41, 5.74) is 1.10. The highest BCUT2D eigenvalue weighted by Crippen LogP contribution is 2.11. The Morgan fingerprint density at radius 2 is 1.70 bits per heavy atom. The van der Waals surface area contributed by atoms with Crippen LogP contribution in [0.25, 0.3) is 0 Å². The molecule has 2 N–H and O–H groups in total. The molecule has 0 unspecified atom stereocenters. The van der Waals surface area contributed by atoms with E-state index in [1.165, 1.54) is 4.90 Å². The number of nitrogens with one attached hydrogen (secondary N) is 1. The summed E-state index contributed by atoms with van der Waals surface area (Å²) in [6.45, 7) is 2.30. The number of benzene rings is 1. The van der Waals surface area contributed by atoms with Gasteiger partial charge in [-0.2, -0.15) is 0 Å². The number of carboxylic acids is 1. The zero-order valence-electron chi connectivity index (χ0n) is 13.7. The molecule has 23 heavy (non-hydrogen) atoms. The van der Waals surface area contributed by atoms with Gasteiger partial charge in [0.1, 0.15) is 0 Å². The van der Waals surface area contributed by atoms with Gasteiger partial charge in [0.2, 0.25) is 5.91 Å². The molecule has 7 nitrogen and oxygen atoms in total. The second-order valence-electron chi connectivity index (χ2n) is 5.43. The van der Waals surface area contributed by atoms with Gasteiger partial charge in [-0.1, -0.05) is 6.92 Å². The van der Waals surface area contributed by atoms with Crippen LogP contribution in [0.5, 0.6) is 0 Å². The number of anilines is 1. The molecule has 0 atom stereocenters. The molecular weight excluding hydrogens is 298 g/mol. The van der Waals surface area contributed by atoms with Crippen molar-refractivity contribution in [2.75, 3.05) is 39.0 Å². The molecule has 0 saturated heterocycles. The Hall–Kier alpha value is -2.41. The summed E-state index contributed by atoms with van der Waals surface area (Å²) >= 11 is 0. The first-order chi connectivity index (χ1) is 10.8. The summed E-state index contributed by atoms with van der Waals surface area (Å²) in [4.78, 5) is 37.6. The Labute approximate surface area is 135 Å². The zero-order valence-corrected chi connectivity index (χ0v) is 13.7. The van der Waals surface area contributed by atoms with Crippen molar-refractivity contribution >= 4 is 23.5 Å². The number of hydrogen-bond acceptors (Lipinski definition) is 4. The van der Waals surface area contributed by atoms with Crippen molar-refractivity contribution in [1.82, 2.24) is 9.80 Å². The van der Waals surface area contributed by atoms with Crippen LogP contribution in [0, 0.1) is 0 Å². The monoisotopic (exact) mass is 321 g/mol. The Bertz CT molecular complexity index is 555. The lowest BCUT2D eigenvalue weighted by molar-refractivity contribution is -0.138. The van der Waals surface area contributed by atoms with E-state index >= 15 is 0 Å². The lowest BCUT2D eigenvalue weighted by Crippen LogP contribution is -2.37. The summed E-state index contributed by atoms with van der Waals surface area (Å²) < 4.78 is 0. The highest BCUT2D eigenvalue weighted by Gasteiger charge is 2.14. The normalized spacial score (nSPS) is 10.4. The molecule has 0 aliphatic heterocycles. The number of aliphatic carboxylic acids is 1. The average Bonchev–Trinajstić information content (AvgIpc) is 2.46. The molecule has 1 aromatic rings. The van der Waals surface area contributed by atoms with E-state index < -0.39 is 5.97 Å². The molecule has 0 fully saturated rings. The van der Waals surface area contributed by atoms with Crippen LogP contribution in [0.15, 0.2) is 24.3 Å². The number of nitrogens with zero attached hydrogens (tertiary/aromatic N) is 2. The highest BCUT2D eigenvalue weighted by atomic mass is 16.4. The number of hydrogen-bond donors (Lipinski definition) is 2. The lowest BCUT2D eigenvalue weighted by atomic mass is 10.2. The fourth-order valence-corrected chi connectivity index (χ4v) is 2.08. The zero-order chi connectivity index (χ0) is 17.4. The fourth-order valence-electron chi connectivity index (χ4n) is 2.08. The topological polar surface area (TPSA) is 90.0 Å². The van der Waals surface area contributed by atoms with Crippen molar-refractivity contribution in [3.05, 3.63) is 29.8 Å². The molecular formula is C16H23N3O4. The largest absolute Gasteiger partial charge is 0.480 e. The van der Waals surface area contributed by atoms with E-state index in [1.54, 1.807) is 43.3 Å². The smallest absolute Gasteiger partial charge is 0.317 e. The molecule has 126 valence electrons. The predicted octanol–water partition coefficient (Wildman–Crippen LogP) is 1.12. The maximum absolute atomic E-state index is 12.0. The molecule has 1 aromatic carbocycles. The minimum absolute atomic E-state index is 0.0124. The van der Waals surface area contributed by atoms with Crippen molar-refractivity contribution < 1.29 is 19.5 Å². The first-order valence-electron chi connectivity index (χ1n) is 7.39. The summed E-state index contributed by atoms with van der Waals surface area (Å²) in [5.74, 6) is -1.36. The van der Waals surface area contributed by atoms with Gasteiger partial charge in [-0.05, 0) is 37.2 Å². The van der Waals surface area contributed by atoms with Crippen LogP contribution in [0.2, 0.25) is 0 Å². The summed E-state index contributed by atoms with van der Waals surface area (Å²) in [7, 11) is 3.34. The third-order valence-corrected chi connectivity index (χ3v) is 3.09. The fraction of sp³-hybridized carbons (Fsp3) is 0.438. The van der Waals surface area contributed by atoms with Crippen molar-refractivity contribution in [2.24, 2.45) is 0 Å². The van der Waals surface area contributed by atoms with E-state index in [1.807, 2.05) is 6.92 Å². The maximum Gasteiger partial charge on any atom is 0.317 e. The van der Waals surface area contributed by atoms with Crippen molar-refractivity contribution in [3.63, 3.8) is 0 Å². The van der Waals surface area contributed by atoms with E-state index in [-0.39, 0.29) is 24.9 Å². The maximum atomic E-state index is 12.0. The molecule has 0 aromatic heterocycles. The molecule has 0 bridgehead atoms. The van der Waals surface area contributed by atoms with Gasteiger partial charge in [-0.3, -0.25) is 19.3 Å². The second kappa shape index (κ2) is 8.89. The van der Waals surface area contributed by atoms with E-state index in [0.29, 0.717) is 17.8 Å². The van der Waals surface area contributed by atoms with Gasteiger partial charge in [0.25, 0.3) is 5.91 Å². The molecule has 1 rings (SSSR count). The summed E-state index contributed by atoms with van der Waals surface area (Å²) in [6, 6.07) is 6.57. The number of carbonyl (C=O) groups excluding carboxylic acids is 2. The predicted molar refractivity (Wildman–Crippen MR) is 87.5 cm³/mol. The average molecular weight is 321 g/mol. The number of amides is 2. The third-order valence-electron chi connectivity index (χ3n) is 3.09. The van der Waals surface area contributed by atoms with Crippen LogP contribution in [0.4, 0.5) is 5.69 Å². The van der Waals surface area contributed by atoms with Crippen LogP contribution >= 0.6 is 0 Å². The van der Waals surface area contributed by atoms with Gasteiger partial charge in [-0.15, -0.1) is 0 Å². The van der Waals surface area contributed by atoms with Gasteiger partial charge < -0.3 is 15.3 Å². The van der Waals surface area contributed by atoms with Crippen LogP contribution in [0.1, 0.15) is 23.7 Å². The van der Waals surface area contributed by atoms with Gasteiger partial charge in [-0.25, -0.2) is 0 Å². The van der Waals surface area contributed by atoms with Gasteiger partial charge in [0, 0.05) is 25.3 Å². The van der Waals surface area contributed by atoms with Gasteiger partial charge >= 0.3 is 5.97 Å². The highest BCUT2D eigenvalue weighted by molar-refractivity contribution is 5.96. The Kier molecular flexibility index (Phi) is 7.21. The number of rotatable bonds is 8. The van der Waals surface area contributed by atoms with E-state index in [9.17, 15) is 14.4 Å². The summed E-state index contributed by atoms with van der Waals surface area (Å²) in [5, 5.41) is 11.5. The number of carboxylic acid groups (broad SMARTS) is 1. The van der Waals surface area contributed by atoms with E-state index in [0.717, 1.165) is 6.42 Å². The van der Waals surface area contributed by atoms with Gasteiger partial charge in [0.15, 0.2) is 0 Å². The Morgan fingerprint density at radius 1 is 1.09 bits per heavy atom. The minimum atomic E-state index is -0.960.